The monoisotopic (exact) mass is 221 g/mol. The molecule has 0 aliphatic heterocycles. The normalized spacial score (nSPS) is 10.6. The smallest absolute Gasteiger partial charge is 0.418 e. The van der Waals surface area contributed by atoms with Crippen LogP contribution in [0, 0.1) is 0 Å². The molecule has 2 rings (SSSR count). The number of hydrogen-bond acceptors (Lipinski definition) is 4. The molecule has 0 saturated carbocycles. The summed E-state index contributed by atoms with van der Waals surface area (Å²) in [6.45, 7) is 2.00. The number of fused-ring (bicyclic) bond motifs is 1. The quantitative estimate of drug-likeness (QED) is 0.723. The summed E-state index contributed by atoms with van der Waals surface area (Å²) in [5.41, 5.74) is 0.494. The Morgan fingerprint density at radius 3 is 2.75 bits per heavy atom. The molecule has 2 aromatic rings. The second-order valence-corrected chi connectivity index (χ2v) is 3.28. The van der Waals surface area contributed by atoms with Gasteiger partial charge in [0.2, 0.25) is 0 Å². The molecule has 84 valence electrons. The Labute approximate surface area is 91.5 Å². The summed E-state index contributed by atoms with van der Waals surface area (Å²) < 4.78 is 6.12. The van der Waals surface area contributed by atoms with Crippen molar-refractivity contribution < 1.29 is 19.7 Å². The van der Waals surface area contributed by atoms with E-state index in [4.69, 9.17) is 4.74 Å². The summed E-state index contributed by atoms with van der Waals surface area (Å²) in [4.78, 5) is 11.5. The first-order chi connectivity index (χ1) is 7.63. The lowest BCUT2D eigenvalue weighted by molar-refractivity contribution is 0.155. The van der Waals surface area contributed by atoms with Crippen LogP contribution in [0.25, 0.3) is 10.9 Å². The van der Waals surface area contributed by atoms with E-state index in [1.165, 1.54) is 22.9 Å². The summed E-state index contributed by atoms with van der Waals surface area (Å²) in [5.74, 6) is -0.481. The van der Waals surface area contributed by atoms with Crippen LogP contribution in [0.15, 0.2) is 24.4 Å². The molecule has 16 heavy (non-hydrogen) atoms. The lowest BCUT2D eigenvalue weighted by Gasteiger charge is -2.04. The van der Waals surface area contributed by atoms with E-state index >= 15 is 0 Å². The molecule has 2 N–H and O–H groups in total. The first kappa shape index (κ1) is 10.4. The second kappa shape index (κ2) is 3.77. The van der Waals surface area contributed by atoms with Crippen molar-refractivity contribution in [1.82, 2.24) is 4.57 Å². The molecule has 1 aromatic carbocycles. The van der Waals surface area contributed by atoms with Gasteiger partial charge in [0.25, 0.3) is 0 Å². The number of aromatic hydroxyl groups is 2. The largest absolute Gasteiger partial charge is 0.504 e. The van der Waals surface area contributed by atoms with Gasteiger partial charge in [0, 0.05) is 17.6 Å². The van der Waals surface area contributed by atoms with Crippen LogP contribution in [0.5, 0.6) is 11.5 Å². The minimum Gasteiger partial charge on any atom is -0.504 e. The highest BCUT2D eigenvalue weighted by Crippen LogP contribution is 2.30. The third-order valence-corrected chi connectivity index (χ3v) is 2.25. The molecule has 5 nitrogen and oxygen atoms in total. The van der Waals surface area contributed by atoms with Crippen LogP contribution >= 0.6 is 0 Å². The van der Waals surface area contributed by atoms with E-state index in [9.17, 15) is 15.0 Å². The molecule has 5 heteroatoms. The Morgan fingerprint density at radius 2 is 2.06 bits per heavy atom. The minimum atomic E-state index is -0.511. The third kappa shape index (κ3) is 1.56. The minimum absolute atomic E-state index is 0.214. The zero-order valence-corrected chi connectivity index (χ0v) is 8.67. The fourth-order valence-electron chi connectivity index (χ4n) is 1.51. The molecule has 0 spiro atoms. The van der Waals surface area contributed by atoms with Crippen molar-refractivity contribution in [3.05, 3.63) is 24.4 Å². The van der Waals surface area contributed by atoms with Gasteiger partial charge >= 0.3 is 6.09 Å². The van der Waals surface area contributed by atoms with Crippen molar-refractivity contribution in [2.45, 2.75) is 6.92 Å². The fraction of sp³-hybridized carbons (Fsp3) is 0.182. The van der Waals surface area contributed by atoms with Crippen LogP contribution in [-0.4, -0.2) is 27.5 Å². The molecular formula is C11H11NO4. The molecule has 0 aliphatic carbocycles. The first-order valence-electron chi connectivity index (χ1n) is 4.83. The van der Waals surface area contributed by atoms with E-state index in [-0.39, 0.29) is 18.1 Å². The first-order valence-corrected chi connectivity index (χ1v) is 4.83. The highest BCUT2D eigenvalue weighted by Gasteiger charge is 2.11. The van der Waals surface area contributed by atoms with Gasteiger partial charge in [0.15, 0.2) is 11.5 Å². The average molecular weight is 221 g/mol. The van der Waals surface area contributed by atoms with Crippen molar-refractivity contribution in [2.24, 2.45) is 0 Å². The number of carbonyl (C=O) groups excluding carboxylic acids is 1. The molecule has 0 radical (unpaired) electrons. The van der Waals surface area contributed by atoms with Crippen LogP contribution in [0.2, 0.25) is 0 Å². The number of aromatic nitrogens is 1. The van der Waals surface area contributed by atoms with Gasteiger partial charge in [-0.3, -0.25) is 4.57 Å². The van der Waals surface area contributed by atoms with Crippen molar-refractivity contribution >= 4 is 17.0 Å². The lowest BCUT2D eigenvalue weighted by atomic mass is 10.2. The van der Waals surface area contributed by atoms with Gasteiger partial charge in [-0.15, -0.1) is 0 Å². The molecule has 1 aromatic heterocycles. The maximum atomic E-state index is 11.5. The van der Waals surface area contributed by atoms with Gasteiger partial charge in [0.1, 0.15) is 0 Å². The zero-order chi connectivity index (χ0) is 11.7. The number of phenolic OH excluding ortho intramolecular Hbond substituents is 2. The maximum absolute atomic E-state index is 11.5. The molecule has 0 fully saturated rings. The summed E-state index contributed by atoms with van der Waals surface area (Å²) >= 11 is 0. The van der Waals surface area contributed by atoms with E-state index in [1.54, 1.807) is 13.0 Å². The molecule has 0 saturated heterocycles. The fourth-order valence-corrected chi connectivity index (χ4v) is 1.51. The number of benzene rings is 1. The van der Waals surface area contributed by atoms with Crippen molar-refractivity contribution in [2.75, 3.05) is 6.61 Å². The highest BCUT2D eigenvalue weighted by molar-refractivity contribution is 5.91. The van der Waals surface area contributed by atoms with Gasteiger partial charge in [-0.1, -0.05) is 0 Å². The van der Waals surface area contributed by atoms with Gasteiger partial charge in [-0.05, 0) is 19.1 Å². The Morgan fingerprint density at radius 1 is 1.38 bits per heavy atom. The number of ether oxygens (including phenoxy) is 1. The number of hydrogen-bond donors (Lipinski definition) is 2. The van der Waals surface area contributed by atoms with Crippen LogP contribution in [0.4, 0.5) is 4.79 Å². The van der Waals surface area contributed by atoms with Crippen molar-refractivity contribution in [3.8, 4) is 11.5 Å². The van der Waals surface area contributed by atoms with E-state index < -0.39 is 6.09 Å². The number of nitrogens with zero attached hydrogens (tertiary/aromatic N) is 1. The van der Waals surface area contributed by atoms with E-state index in [0.717, 1.165) is 0 Å². The SMILES string of the molecule is CCOC(=O)n1ccc2cc(O)c(O)cc21. The van der Waals surface area contributed by atoms with Gasteiger partial charge < -0.3 is 14.9 Å². The lowest BCUT2D eigenvalue weighted by Crippen LogP contribution is -2.11. The number of carbonyl (C=O) groups is 1. The predicted octanol–water partition coefficient (Wildman–Crippen LogP) is 2.06. The number of rotatable bonds is 1. The summed E-state index contributed by atoms with van der Waals surface area (Å²) in [6, 6.07) is 4.37. The van der Waals surface area contributed by atoms with Crippen LogP contribution in [0.3, 0.4) is 0 Å². The van der Waals surface area contributed by atoms with Gasteiger partial charge in [-0.25, -0.2) is 4.79 Å². The molecular weight excluding hydrogens is 210 g/mol. The Kier molecular flexibility index (Phi) is 2.44. The average Bonchev–Trinajstić information content (AvgIpc) is 2.62. The Balaban J connectivity index is 2.56. The van der Waals surface area contributed by atoms with Gasteiger partial charge in [0.05, 0.1) is 12.1 Å². The summed E-state index contributed by atoms with van der Waals surface area (Å²) in [6.07, 6.45) is 1.02. The molecule has 0 aliphatic rings. The van der Waals surface area contributed by atoms with E-state index in [2.05, 4.69) is 0 Å². The molecule has 0 bridgehead atoms. The number of phenols is 2. The second-order valence-electron chi connectivity index (χ2n) is 3.28. The van der Waals surface area contributed by atoms with Crippen molar-refractivity contribution in [1.29, 1.82) is 0 Å². The summed E-state index contributed by atoms with van der Waals surface area (Å²) in [7, 11) is 0. The zero-order valence-electron chi connectivity index (χ0n) is 8.67. The highest BCUT2D eigenvalue weighted by atomic mass is 16.5. The maximum Gasteiger partial charge on any atom is 0.418 e. The Bertz CT molecular complexity index is 544. The molecule has 0 unspecified atom stereocenters. The van der Waals surface area contributed by atoms with Crippen molar-refractivity contribution in [3.63, 3.8) is 0 Å². The van der Waals surface area contributed by atoms with E-state index in [0.29, 0.717) is 10.9 Å². The van der Waals surface area contributed by atoms with Crippen LogP contribution < -0.4 is 0 Å². The predicted molar refractivity (Wildman–Crippen MR) is 57.7 cm³/mol. The molecule has 0 amide bonds. The van der Waals surface area contributed by atoms with Gasteiger partial charge in [-0.2, -0.15) is 0 Å². The van der Waals surface area contributed by atoms with Crippen LogP contribution in [-0.2, 0) is 4.74 Å². The Hall–Kier alpha value is -2.17. The molecule has 0 atom stereocenters. The topological polar surface area (TPSA) is 71.7 Å². The molecule has 1 heterocycles. The standard InChI is InChI=1S/C11H11NO4/c1-2-16-11(15)12-4-3-7-5-9(13)10(14)6-8(7)12/h3-6,13-14H,2H2,1H3. The third-order valence-electron chi connectivity index (χ3n) is 2.25. The van der Waals surface area contributed by atoms with E-state index in [1.807, 2.05) is 0 Å². The van der Waals surface area contributed by atoms with Crippen LogP contribution in [0.1, 0.15) is 6.92 Å². The summed E-state index contributed by atoms with van der Waals surface area (Å²) in [5, 5.41) is 19.3.